The molecule has 2 aromatic rings. The Balaban J connectivity index is 2.19. The number of carbonyl (C=O) groups is 1. The van der Waals surface area contributed by atoms with E-state index in [2.05, 4.69) is 11.9 Å². The molecule has 0 heterocycles. The highest BCUT2D eigenvalue weighted by Crippen LogP contribution is 2.20. The zero-order valence-corrected chi connectivity index (χ0v) is 15.0. The molecule has 0 aliphatic heterocycles. The average molecular weight is 378 g/mol. The van der Waals surface area contributed by atoms with Crippen molar-refractivity contribution in [3.63, 3.8) is 0 Å². The van der Waals surface area contributed by atoms with Gasteiger partial charge in [0, 0.05) is 6.54 Å². The number of ether oxygens (including phenoxy) is 1. The van der Waals surface area contributed by atoms with Crippen LogP contribution in [0, 0.1) is 5.82 Å². The van der Waals surface area contributed by atoms with E-state index in [1.807, 2.05) is 0 Å². The maximum absolute atomic E-state index is 13.6. The third-order valence-corrected chi connectivity index (χ3v) is 5.32. The van der Waals surface area contributed by atoms with Crippen LogP contribution in [-0.4, -0.2) is 38.8 Å². The number of para-hydroxylation sites is 1. The van der Waals surface area contributed by atoms with Crippen LogP contribution >= 0.6 is 0 Å². The summed E-state index contributed by atoms with van der Waals surface area (Å²) in [6.07, 6.45) is 1.37. The third kappa shape index (κ3) is 4.68. The van der Waals surface area contributed by atoms with Crippen molar-refractivity contribution in [3.05, 3.63) is 67.0 Å². The lowest BCUT2D eigenvalue weighted by atomic mass is 10.3. The molecule has 0 saturated heterocycles. The predicted molar refractivity (Wildman–Crippen MR) is 97.0 cm³/mol. The van der Waals surface area contributed by atoms with Crippen LogP contribution in [0.3, 0.4) is 0 Å². The first-order valence-corrected chi connectivity index (χ1v) is 9.12. The van der Waals surface area contributed by atoms with Crippen LogP contribution in [0.5, 0.6) is 5.75 Å². The largest absolute Gasteiger partial charge is 0.497 e. The first kappa shape index (κ1) is 19.6. The average Bonchev–Trinajstić information content (AvgIpc) is 2.63. The minimum atomic E-state index is -3.93. The summed E-state index contributed by atoms with van der Waals surface area (Å²) < 4.78 is 45.1. The molecule has 0 atom stereocenters. The molecule has 0 radical (unpaired) electrons. The van der Waals surface area contributed by atoms with Crippen LogP contribution in [-0.2, 0) is 14.8 Å². The van der Waals surface area contributed by atoms with Gasteiger partial charge in [-0.1, -0.05) is 18.2 Å². The van der Waals surface area contributed by atoms with Crippen molar-refractivity contribution in [1.29, 1.82) is 0 Å². The number of anilines is 1. The number of sulfonamides is 1. The molecule has 0 spiro atoms. The first-order chi connectivity index (χ1) is 12.4. The number of nitrogens with one attached hydrogen (secondary N) is 1. The van der Waals surface area contributed by atoms with E-state index < -0.39 is 28.3 Å². The van der Waals surface area contributed by atoms with Crippen molar-refractivity contribution in [3.8, 4) is 5.75 Å². The molecule has 6 nitrogen and oxygen atoms in total. The Morgan fingerprint density at radius 1 is 1.23 bits per heavy atom. The van der Waals surface area contributed by atoms with Crippen LogP contribution < -0.4 is 10.1 Å². The van der Waals surface area contributed by atoms with Gasteiger partial charge in [-0.2, -0.15) is 4.31 Å². The van der Waals surface area contributed by atoms with Crippen molar-refractivity contribution in [2.24, 2.45) is 0 Å². The van der Waals surface area contributed by atoms with Crippen LogP contribution in [0.25, 0.3) is 0 Å². The van der Waals surface area contributed by atoms with Crippen molar-refractivity contribution >= 4 is 21.6 Å². The number of rotatable bonds is 8. The number of hydrogen-bond acceptors (Lipinski definition) is 4. The van der Waals surface area contributed by atoms with Gasteiger partial charge in [0.1, 0.15) is 11.6 Å². The zero-order chi connectivity index (χ0) is 19.2. The molecule has 0 aliphatic carbocycles. The monoisotopic (exact) mass is 378 g/mol. The van der Waals surface area contributed by atoms with Gasteiger partial charge >= 0.3 is 0 Å². The van der Waals surface area contributed by atoms with E-state index in [1.54, 1.807) is 6.07 Å². The second-order valence-electron chi connectivity index (χ2n) is 5.29. The number of methoxy groups -OCH3 is 1. The summed E-state index contributed by atoms with van der Waals surface area (Å²) in [7, 11) is -2.46. The van der Waals surface area contributed by atoms with E-state index in [0.29, 0.717) is 5.75 Å². The summed E-state index contributed by atoms with van der Waals surface area (Å²) in [5, 5.41) is 2.37. The van der Waals surface area contributed by atoms with Crippen LogP contribution in [0.15, 0.2) is 66.1 Å². The van der Waals surface area contributed by atoms with Crippen molar-refractivity contribution < 1.29 is 22.3 Å². The first-order valence-electron chi connectivity index (χ1n) is 7.68. The number of benzene rings is 2. The third-order valence-electron chi connectivity index (χ3n) is 3.50. The molecule has 0 aromatic heterocycles. The van der Waals surface area contributed by atoms with Crippen molar-refractivity contribution in [2.45, 2.75) is 4.90 Å². The maximum atomic E-state index is 13.6. The minimum absolute atomic E-state index is 0.0128. The lowest BCUT2D eigenvalue weighted by Gasteiger charge is -2.20. The van der Waals surface area contributed by atoms with E-state index in [4.69, 9.17) is 4.74 Å². The lowest BCUT2D eigenvalue weighted by molar-refractivity contribution is -0.116. The van der Waals surface area contributed by atoms with E-state index in [9.17, 15) is 17.6 Å². The predicted octanol–water partition coefficient (Wildman–Crippen LogP) is 2.65. The van der Waals surface area contributed by atoms with Gasteiger partial charge in [0.2, 0.25) is 15.9 Å². The van der Waals surface area contributed by atoms with Gasteiger partial charge in [-0.05, 0) is 36.4 Å². The van der Waals surface area contributed by atoms with Gasteiger partial charge in [0.25, 0.3) is 0 Å². The smallest absolute Gasteiger partial charge is 0.243 e. The molecule has 1 N–H and O–H groups in total. The summed E-state index contributed by atoms with van der Waals surface area (Å²) in [6.45, 7) is 2.97. The fraction of sp³-hybridized carbons (Fsp3) is 0.167. The van der Waals surface area contributed by atoms with E-state index in [-0.39, 0.29) is 17.1 Å². The van der Waals surface area contributed by atoms with Gasteiger partial charge < -0.3 is 10.1 Å². The quantitative estimate of drug-likeness (QED) is 0.717. The Kier molecular flexibility index (Phi) is 6.48. The Morgan fingerprint density at radius 2 is 1.88 bits per heavy atom. The minimum Gasteiger partial charge on any atom is -0.497 e. The fourth-order valence-corrected chi connectivity index (χ4v) is 3.57. The summed E-state index contributed by atoms with van der Waals surface area (Å²) in [4.78, 5) is 12.2. The summed E-state index contributed by atoms with van der Waals surface area (Å²) in [5.41, 5.74) is -0.0158. The summed E-state index contributed by atoms with van der Waals surface area (Å²) in [6, 6.07) is 11.4. The number of halogens is 1. The Hall–Kier alpha value is -2.71. The van der Waals surface area contributed by atoms with Crippen LogP contribution in [0.2, 0.25) is 0 Å². The van der Waals surface area contributed by atoms with Gasteiger partial charge in [0.15, 0.2) is 0 Å². The van der Waals surface area contributed by atoms with Crippen LogP contribution in [0.1, 0.15) is 0 Å². The van der Waals surface area contributed by atoms with Gasteiger partial charge in [-0.3, -0.25) is 4.79 Å². The standard InChI is InChI=1S/C18H19FN2O4S/c1-3-12-21(13-18(22)20-17-7-5-4-6-16(17)19)26(23,24)15-10-8-14(25-2)9-11-15/h3-11H,1,12-13H2,2H3,(H,20,22). The van der Waals surface area contributed by atoms with Gasteiger partial charge in [-0.25, -0.2) is 12.8 Å². The van der Waals surface area contributed by atoms with Crippen molar-refractivity contribution in [2.75, 3.05) is 25.5 Å². The van der Waals surface area contributed by atoms with Gasteiger partial charge in [0.05, 0.1) is 24.2 Å². The topological polar surface area (TPSA) is 75.7 Å². The normalized spacial score (nSPS) is 11.2. The molecule has 138 valence electrons. The zero-order valence-electron chi connectivity index (χ0n) is 14.2. The second kappa shape index (κ2) is 8.59. The summed E-state index contributed by atoms with van der Waals surface area (Å²) >= 11 is 0. The SMILES string of the molecule is C=CCN(CC(=O)Nc1ccccc1F)S(=O)(=O)c1ccc(OC)cc1. The van der Waals surface area contributed by atoms with Crippen LogP contribution in [0.4, 0.5) is 10.1 Å². The molecule has 8 heteroatoms. The second-order valence-corrected chi connectivity index (χ2v) is 7.23. The highest BCUT2D eigenvalue weighted by molar-refractivity contribution is 7.89. The molecule has 0 aliphatic rings. The number of carbonyl (C=O) groups excluding carboxylic acids is 1. The number of hydrogen-bond donors (Lipinski definition) is 1. The molecule has 0 bridgehead atoms. The van der Waals surface area contributed by atoms with E-state index >= 15 is 0 Å². The maximum Gasteiger partial charge on any atom is 0.243 e. The lowest BCUT2D eigenvalue weighted by Crippen LogP contribution is -2.38. The molecular weight excluding hydrogens is 359 g/mol. The molecule has 2 aromatic carbocycles. The molecule has 0 saturated carbocycles. The molecule has 2 rings (SSSR count). The number of nitrogens with zero attached hydrogens (tertiary/aromatic N) is 1. The van der Waals surface area contributed by atoms with E-state index in [0.717, 1.165) is 4.31 Å². The molecular formula is C18H19FN2O4S. The molecule has 26 heavy (non-hydrogen) atoms. The number of amides is 1. The fourth-order valence-electron chi connectivity index (χ4n) is 2.20. The highest BCUT2D eigenvalue weighted by atomic mass is 32.2. The molecule has 0 fully saturated rings. The molecule has 1 amide bonds. The van der Waals surface area contributed by atoms with E-state index in [1.165, 1.54) is 55.7 Å². The summed E-state index contributed by atoms with van der Waals surface area (Å²) in [5.74, 6) is -0.750. The Labute approximate surface area is 151 Å². The highest BCUT2D eigenvalue weighted by Gasteiger charge is 2.26. The molecule has 0 unspecified atom stereocenters. The Bertz CT molecular complexity index is 882. The Morgan fingerprint density at radius 3 is 2.46 bits per heavy atom. The van der Waals surface area contributed by atoms with Crippen molar-refractivity contribution in [1.82, 2.24) is 4.31 Å². The van der Waals surface area contributed by atoms with Gasteiger partial charge in [-0.15, -0.1) is 6.58 Å².